The molecule has 1 aliphatic heterocycles. The van der Waals surface area contributed by atoms with Crippen LogP contribution in [0.1, 0.15) is 85.0 Å². The first-order chi connectivity index (χ1) is 9.66. The van der Waals surface area contributed by atoms with Crippen LogP contribution in [0.2, 0.25) is 0 Å². The Kier molecular flexibility index (Phi) is 8.79. The first-order valence-electron chi connectivity index (χ1n) is 9.11. The van der Waals surface area contributed by atoms with Crippen molar-refractivity contribution >= 4 is 0 Å². The Morgan fingerprint density at radius 3 is 2.50 bits per heavy atom. The molecule has 1 saturated heterocycles. The Bertz CT molecular complexity index is 242. The van der Waals surface area contributed by atoms with Gasteiger partial charge in [-0.3, -0.25) is 4.90 Å². The Labute approximate surface area is 127 Å². The van der Waals surface area contributed by atoms with Crippen LogP contribution in [0.25, 0.3) is 0 Å². The molecule has 0 radical (unpaired) electrons. The predicted molar refractivity (Wildman–Crippen MR) is 90.0 cm³/mol. The SMILES string of the molecule is CCCCCCC(C)(CN)N1CCCC(CCC)CC1. The molecule has 1 rings (SSSR count). The summed E-state index contributed by atoms with van der Waals surface area (Å²) < 4.78 is 0. The molecule has 120 valence electrons. The van der Waals surface area contributed by atoms with E-state index in [1.807, 2.05) is 0 Å². The lowest BCUT2D eigenvalue weighted by Gasteiger charge is -2.40. The lowest BCUT2D eigenvalue weighted by atomic mass is 9.91. The van der Waals surface area contributed by atoms with E-state index in [0.717, 1.165) is 12.5 Å². The number of nitrogens with zero attached hydrogens (tertiary/aromatic N) is 1. The van der Waals surface area contributed by atoms with Crippen molar-refractivity contribution in [2.24, 2.45) is 11.7 Å². The highest BCUT2D eigenvalue weighted by Crippen LogP contribution is 2.28. The van der Waals surface area contributed by atoms with Gasteiger partial charge in [0.25, 0.3) is 0 Å². The maximum atomic E-state index is 6.16. The minimum Gasteiger partial charge on any atom is -0.329 e. The number of unbranched alkanes of at least 4 members (excludes halogenated alkanes) is 3. The average molecular weight is 283 g/mol. The van der Waals surface area contributed by atoms with Gasteiger partial charge in [0.2, 0.25) is 0 Å². The predicted octanol–water partition coefficient (Wildman–Crippen LogP) is 4.58. The van der Waals surface area contributed by atoms with Gasteiger partial charge in [-0.1, -0.05) is 52.4 Å². The van der Waals surface area contributed by atoms with Crippen molar-refractivity contribution in [1.29, 1.82) is 0 Å². The van der Waals surface area contributed by atoms with E-state index in [9.17, 15) is 0 Å². The second kappa shape index (κ2) is 9.78. The van der Waals surface area contributed by atoms with E-state index in [1.54, 1.807) is 0 Å². The number of nitrogens with two attached hydrogens (primary N) is 1. The van der Waals surface area contributed by atoms with Crippen LogP contribution in [0.3, 0.4) is 0 Å². The van der Waals surface area contributed by atoms with Gasteiger partial charge in [-0.25, -0.2) is 0 Å². The van der Waals surface area contributed by atoms with Crippen LogP contribution in [0.4, 0.5) is 0 Å². The fraction of sp³-hybridized carbons (Fsp3) is 1.00. The molecular formula is C18H38N2. The van der Waals surface area contributed by atoms with E-state index >= 15 is 0 Å². The maximum absolute atomic E-state index is 6.16. The third kappa shape index (κ3) is 5.73. The van der Waals surface area contributed by atoms with Gasteiger partial charge in [-0.2, -0.15) is 0 Å². The van der Waals surface area contributed by atoms with Crippen molar-refractivity contribution in [2.75, 3.05) is 19.6 Å². The van der Waals surface area contributed by atoms with Crippen LogP contribution in [-0.4, -0.2) is 30.1 Å². The monoisotopic (exact) mass is 282 g/mol. The van der Waals surface area contributed by atoms with Crippen molar-refractivity contribution in [2.45, 2.75) is 90.5 Å². The summed E-state index contributed by atoms with van der Waals surface area (Å²) >= 11 is 0. The number of rotatable bonds is 9. The van der Waals surface area contributed by atoms with Crippen molar-refractivity contribution in [1.82, 2.24) is 4.90 Å². The minimum atomic E-state index is 0.245. The minimum absolute atomic E-state index is 0.245. The van der Waals surface area contributed by atoms with E-state index < -0.39 is 0 Å². The summed E-state index contributed by atoms with van der Waals surface area (Å²) in [7, 11) is 0. The van der Waals surface area contributed by atoms with Crippen molar-refractivity contribution in [3.63, 3.8) is 0 Å². The van der Waals surface area contributed by atoms with E-state index in [1.165, 1.54) is 77.3 Å². The molecule has 0 spiro atoms. The molecule has 0 amide bonds. The fourth-order valence-electron chi connectivity index (χ4n) is 3.72. The molecule has 1 heterocycles. The standard InChI is InChI=1S/C18H38N2/c1-4-6-7-8-13-18(3,16-19)20-14-9-11-17(10-5-2)12-15-20/h17H,4-16,19H2,1-3H3. The van der Waals surface area contributed by atoms with Crippen LogP contribution >= 0.6 is 0 Å². The fourth-order valence-corrected chi connectivity index (χ4v) is 3.72. The zero-order chi connectivity index (χ0) is 14.8. The number of likely N-dealkylation sites (tertiary alicyclic amines) is 1. The van der Waals surface area contributed by atoms with Gasteiger partial charge in [-0.15, -0.1) is 0 Å². The third-order valence-corrected chi connectivity index (χ3v) is 5.32. The number of hydrogen-bond donors (Lipinski definition) is 1. The van der Waals surface area contributed by atoms with Gasteiger partial charge in [0, 0.05) is 12.1 Å². The first kappa shape index (κ1) is 18.0. The van der Waals surface area contributed by atoms with E-state index in [-0.39, 0.29) is 5.54 Å². The van der Waals surface area contributed by atoms with Crippen LogP contribution in [0.5, 0.6) is 0 Å². The molecule has 2 atom stereocenters. The molecule has 2 nitrogen and oxygen atoms in total. The van der Waals surface area contributed by atoms with Crippen LogP contribution in [0, 0.1) is 5.92 Å². The van der Waals surface area contributed by atoms with E-state index in [0.29, 0.717) is 0 Å². The number of hydrogen-bond acceptors (Lipinski definition) is 2. The smallest absolute Gasteiger partial charge is 0.0303 e. The van der Waals surface area contributed by atoms with Crippen LogP contribution in [-0.2, 0) is 0 Å². The summed E-state index contributed by atoms with van der Waals surface area (Å²) in [5.74, 6) is 0.965. The lowest BCUT2D eigenvalue weighted by Crippen LogP contribution is -2.52. The van der Waals surface area contributed by atoms with Gasteiger partial charge in [0.15, 0.2) is 0 Å². The highest BCUT2D eigenvalue weighted by atomic mass is 15.2. The molecule has 1 aliphatic rings. The van der Waals surface area contributed by atoms with E-state index in [4.69, 9.17) is 5.73 Å². The topological polar surface area (TPSA) is 29.3 Å². The molecule has 0 aliphatic carbocycles. The molecule has 2 heteroatoms. The summed E-state index contributed by atoms with van der Waals surface area (Å²) in [5.41, 5.74) is 6.40. The molecule has 1 fully saturated rings. The van der Waals surface area contributed by atoms with Gasteiger partial charge in [0.05, 0.1) is 0 Å². The quantitative estimate of drug-likeness (QED) is 0.627. The first-order valence-corrected chi connectivity index (χ1v) is 9.11. The maximum Gasteiger partial charge on any atom is 0.0303 e. The molecule has 2 N–H and O–H groups in total. The van der Waals surface area contributed by atoms with Crippen molar-refractivity contribution in [3.8, 4) is 0 Å². The molecule has 0 aromatic heterocycles. The summed E-state index contributed by atoms with van der Waals surface area (Å²) in [6, 6.07) is 0. The summed E-state index contributed by atoms with van der Waals surface area (Å²) in [6.07, 6.45) is 13.6. The Hall–Kier alpha value is -0.0800. The molecule has 0 bridgehead atoms. The normalized spacial score (nSPS) is 24.3. The van der Waals surface area contributed by atoms with Crippen LogP contribution < -0.4 is 5.73 Å². The Morgan fingerprint density at radius 2 is 1.85 bits per heavy atom. The molecule has 0 saturated carbocycles. The third-order valence-electron chi connectivity index (χ3n) is 5.32. The van der Waals surface area contributed by atoms with E-state index in [2.05, 4.69) is 25.7 Å². The second-order valence-corrected chi connectivity index (χ2v) is 7.08. The molecule has 0 aromatic carbocycles. The highest BCUT2D eigenvalue weighted by molar-refractivity contribution is 4.89. The van der Waals surface area contributed by atoms with Crippen molar-refractivity contribution in [3.05, 3.63) is 0 Å². The molecule has 20 heavy (non-hydrogen) atoms. The largest absolute Gasteiger partial charge is 0.329 e. The lowest BCUT2D eigenvalue weighted by molar-refractivity contribution is 0.101. The molecule has 2 unspecified atom stereocenters. The summed E-state index contributed by atoms with van der Waals surface area (Å²) in [5, 5.41) is 0. The van der Waals surface area contributed by atoms with Gasteiger partial charge < -0.3 is 5.73 Å². The zero-order valence-corrected chi connectivity index (χ0v) is 14.3. The van der Waals surface area contributed by atoms with Crippen LogP contribution in [0.15, 0.2) is 0 Å². The average Bonchev–Trinajstić information content (AvgIpc) is 2.70. The Morgan fingerprint density at radius 1 is 1.05 bits per heavy atom. The van der Waals surface area contributed by atoms with Crippen molar-refractivity contribution < 1.29 is 0 Å². The van der Waals surface area contributed by atoms with Gasteiger partial charge in [-0.05, 0) is 51.6 Å². The van der Waals surface area contributed by atoms with Gasteiger partial charge in [0.1, 0.15) is 0 Å². The highest BCUT2D eigenvalue weighted by Gasteiger charge is 2.31. The molecule has 0 aromatic rings. The summed E-state index contributed by atoms with van der Waals surface area (Å²) in [4.78, 5) is 2.72. The van der Waals surface area contributed by atoms with Gasteiger partial charge >= 0.3 is 0 Å². The zero-order valence-electron chi connectivity index (χ0n) is 14.3. The molecular weight excluding hydrogens is 244 g/mol. The summed E-state index contributed by atoms with van der Waals surface area (Å²) in [6.45, 7) is 10.4. The Balaban J connectivity index is 2.46. The second-order valence-electron chi connectivity index (χ2n) is 7.08.